The van der Waals surface area contributed by atoms with Crippen LogP contribution < -0.4 is 5.73 Å². The van der Waals surface area contributed by atoms with Crippen molar-refractivity contribution in [3.63, 3.8) is 0 Å². The summed E-state index contributed by atoms with van der Waals surface area (Å²) in [4.78, 5) is 0.00422. The largest absolute Gasteiger partial charge is 0.326 e. The summed E-state index contributed by atoms with van der Waals surface area (Å²) < 4.78 is 40.1. The van der Waals surface area contributed by atoms with Crippen molar-refractivity contribution in [2.45, 2.75) is 31.2 Å². The van der Waals surface area contributed by atoms with Crippen LogP contribution in [-0.4, -0.2) is 25.8 Å². The van der Waals surface area contributed by atoms with Crippen LogP contribution in [0.4, 0.5) is 4.39 Å². The second kappa shape index (κ2) is 5.56. The predicted octanol–water partition coefficient (Wildman–Crippen LogP) is 1.71. The van der Waals surface area contributed by atoms with Crippen LogP contribution in [-0.2, 0) is 16.6 Å². The maximum absolute atomic E-state index is 13.6. The number of nitrogens with zero attached hydrogens (tertiary/aromatic N) is 1. The monoisotopic (exact) mass is 286 g/mol. The van der Waals surface area contributed by atoms with Gasteiger partial charge in [0.2, 0.25) is 10.0 Å². The lowest BCUT2D eigenvalue weighted by Gasteiger charge is -2.30. The lowest BCUT2D eigenvalue weighted by Crippen LogP contribution is -2.38. The quantitative estimate of drug-likeness (QED) is 0.920. The summed E-state index contributed by atoms with van der Waals surface area (Å²) in [5, 5.41) is 0. The van der Waals surface area contributed by atoms with Gasteiger partial charge in [0.05, 0.1) is 4.90 Å². The Morgan fingerprint density at radius 3 is 2.58 bits per heavy atom. The van der Waals surface area contributed by atoms with Gasteiger partial charge in [-0.15, -0.1) is 0 Å². The predicted molar refractivity (Wildman–Crippen MR) is 71.4 cm³/mol. The molecular formula is C13H19FN2O2S. The van der Waals surface area contributed by atoms with Crippen LogP contribution in [0.5, 0.6) is 0 Å². The molecule has 106 valence electrons. The van der Waals surface area contributed by atoms with Crippen LogP contribution in [0.1, 0.15) is 25.3 Å². The summed E-state index contributed by atoms with van der Waals surface area (Å²) in [6, 6.07) is 4.08. The molecule has 1 aromatic rings. The van der Waals surface area contributed by atoms with Gasteiger partial charge in [-0.2, -0.15) is 4.31 Å². The SMILES string of the molecule is CC1CCN(S(=O)(=O)c2cccc(F)c2CN)CC1. The maximum atomic E-state index is 13.6. The topological polar surface area (TPSA) is 63.4 Å². The van der Waals surface area contributed by atoms with E-state index in [-0.39, 0.29) is 17.0 Å². The van der Waals surface area contributed by atoms with E-state index in [9.17, 15) is 12.8 Å². The molecule has 2 rings (SSSR count). The van der Waals surface area contributed by atoms with Crippen molar-refractivity contribution in [1.82, 2.24) is 4.31 Å². The van der Waals surface area contributed by atoms with E-state index in [1.54, 1.807) is 0 Å². The Hall–Kier alpha value is -0.980. The molecule has 1 fully saturated rings. The molecule has 0 spiro atoms. The van der Waals surface area contributed by atoms with Crippen LogP contribution in [0.15, 0.2) is 23.1 Å². The molecule has 0 aromatic heterocycles. The highest BCUT2D eigenvalue weighted by molar-refractivity contribution is 7.89. The minimum absolute atomic E-state index is 0.00422. The number of piperidine rings is 1. The summed E-state index contributed by atoms with van der Waals surface area (Å²) in [5.41, 5.74) is 5.55. The molecule has 0 aliphatic carbocycles. The minimum atomic E-state index is -3.64. The molecule has 0 amide bonds. The fourth-order valence-corrected chi connectivity index (χ4v) is 4.06. The van der Waals surface area contributed by atoms with Gasteiger partial charge in [0.15, 0.2) is 0 Å². The van der Waals surface area contributed by atoms with Gasteiger partial charge in [0.1, 0.15) is 5.82 Å². The van der Waals surface area contributed by atoms with Gasteiger partial charge in [-0.3, -0.25) is 0 Å². The smallest absolute Gasteiger partial charge is 0.243 e. The summed E-state index contributed by atoms with van der Waals surface area (Å²) in [5.74, 6) is -0.0260. The molecule has 6 heteroatoms. The number of nitrogens with two attached hydrogens (primary N) is 1. The van der Waals surface area contributed by atoms with E-state index in [4.69, 9.17) is 5.73 Å². The molecule has 1 heterocycles. The molecule has 0 saturated carbocycles. The lowest BCUT2D eigenvalue weighted by molar-refractivity contribution is 0.287. The highest BCUT2D eigenvalue weighted by Crippen LogP contribution is 2.26. The van der Waals surface area contributed by atoms with Crippen molar-refractivity contribution < 1.29 is 12.8 Å². The average Bonchev–Trinajstić information content (AvgIpc) is 2.39. The van der Waals surface area contributed by atoms with Gasteiger partial charge in [0.25, 0.3) is 0 Å². The fraction of sp³-hybridized carbons (Fsp3) is 0.538. The Bertz CT molecular complexity index is 552. The first-order valence-corrected chi connectivity index (χ1v) is 7.88. The molecule has 1 aliphatic heterocycles. The highest BCUT2D eigenvalue weighted by Gasteiger charge is 2.30. The average molecular weight is 286 g/mol. The summed E-state index contributed by atoms with van der Waals surface area (Å²) >= 11 is 0. The first kappa shape index (κ1) is 14.4. The van der Waals surface area contributed by atoms with Gasteiger partial charge in [-0.05, 0) is 30.9 Å². The van der Waals surface area contributed by atoms with Gasteiger partial charge < -0.3 is 5.73 Å². The zero-order valence-electron chi connectivity index (χ0n) is 11.0. The van der Waals surface area contributed by atoms with E-state index in [2.05, 4.69) is 6.92 Å². The van der Waals surface area contributed by atoms with E-state index < -0.39 is 15.8 Å². The van der Waals surface area contributed by atoms with E-state index in [0.29, 0.717) is 19.0 Å². The maximum Gasteiger partial charge on any atom is 0.243 e. The molecule has 2 N–H and O–H groups in total. The van der Waals surface area contributed by atoms with Crippen LogP contribution in [0.3, 0.4) is 0 Å². The zero-order chi connectivity index (χ0) is 14.0. The molecule has 19 heavy (non-hydrogen) atoms. The third kappa shape index (κ3) is 2.80. The summed E-state index contributed by atoms with van der Waals surface area (Å²) in [6.07, 6.45) is 1.68. The van der Waals surface area contributed by atoms with Crippen molar-refractivity contribution in [2.75, 3.05) is 13.1 Å². The molecule has 0 atom stereocenters. The van der Waals surface area contributed by atoms with Crippen molar-refractivity contribution >= 4 is 10.0 Å². The first-order chi connectivity index (χ1) is 8.96. The summed E-state index contributed by atoms with van der Waals surface area (Å²) in [6.45, 7) is 2.97. The molecule has 1 aliphatic rings. The molecule has 1 aromatic carbocycles. The number of hydrogen-bond acceptors (Lipinski definition) is 3. The minimum Gasteiger partial charge on any atom is -0.326 e. The van der Waals surface area contributed by atoms with Crippen molar-refractivity contribution in [2.24, 2.45) is 11.7 Å². The Morgan fingerprint density at radius 2 is 2.00 bits per heavy atom. The van der Waals surface area contributed by atoms with Crippen LogP contribution in [0.2, 0.25) is 0 Å². The second-order valence-corrected chi connectivity index (χ2v) is 6.91. The van der Waals surface area contributed by atoms with E-state index in [1.807, 2.05) is 0 Å². The molecule has 0 unspecified atom stereocenters. The van der Waals surface area contributed by atoms with Crippen molar-refractivity contribution in [3.8, 4) is 0 Å². The Labute approximate surface area is 113 Å². The summed E-state index contributed by atoms with van der Waals surface area (Å²) in [7, 11) is -3.64. The molecular weight excluding hydrogens is 267 g/mol. The Morgan fingerprint density at radius 1 is 1.37 bits per heavy atom. The van der Waals surface area contributed by atoms with Crippen molar-refractivity contribution in [3.05, 3.63) is 29.6 Å². The zero-order valence-corrected chi connectivity index (χ0v) is 11.8. The lowest BCUT2D eigenvalue weighted by atomic mass is 10.0. The number of hydrogen-bond donors (Lipinski definition) is 1. The number of rotatable bonds is 3. The normalized spacial score (nSPS) is 18.7. The Balaban J connectivity index is 2.37. The van der Waals surface area contributed by atoms with Gasteiger partial charge in [0, 0.05) is 25.2 Å². The Kier molecular flexibility index (Phi) is 4.23. The van der Waals surface area contributed by atoms with Crippen molar-refractivity contribution in [1.29, 1.82) is 0 Å². The van der Waals surface area contributed by atoms with Crippen LogP contribution in [0, 0.1) is 11.7 Å². The van der Waals surface area contributed by atoms with Gasteiger partial charge in [-0.25, -0.2) is 12.8 Å². The van der Waals surface area contributed by atoms with E-state index in [0.717, 1.165) is 12.8 Å². The van der Waals surface area contributed by atoms with Crippen LogP contribution >= 0.6 is 0 Å². The first-order valence-electron chi connectivity index (χ1n) is 6.44. The second-order valence-electron chi connectivity index (χ2n) is 5.01. The molecule has 0 radical (unpaired) electrons. The standard InChI is InChI=1S/C13H19FN2O2S/c1-10-5-7-16(8-6-10)19(17,18)13-4-2-3-12(14)11(13)9-15/h2-4,10H,5-9,15H2,1H3. The third-order valence-corrected chi connectivity index (χ3v) is 5.62. The van der Waals surface area contributed by atoms with Crippen LogP contribution in [0.25, 0.3) is 0 Å². The number of halogens is 1. The number of sulfonamides is 1. The number of benzene rings is 1. The van der Waals surface area contributed by atoms with Gasteiger partial charge >= 0.3 is 0 Å². The van der Waals surface area contributed by atoms with Gasteiger partial charge in [-0.1, -0.05) is 13.0 Å². The highest BCUT2D eigenvalue weighted by atomic mass is 32.2. The molecule has 0 bridgehead atoms. The van der Waals surface area contributed by atoms with E-state index >= 15 is 0 Å². The fourth-order valence-electron chi connectivity index (χ4n) is 2.34. The molecule has 4 nitrogen and oxygen atoms in total. The molecule has 1 saturated heterocycles. The van der Waals surface area contributed by atoms with E-state index in [1.165, 1.54) is 22.5 Å². The third-order valence-electron chi connectivity index (χ3n) is 3.64.